The second-order valence-electron chi connectivity index (χ2n) is 7.01. The Morgan fingerprint density at radius 3 is 2.33 bits per heavy atom. The molecule has 3 aromatic rings. The predicted molar refractivity (Wildman–Crippen MR) is 128 cm³/mol. The number of hydrogen-bond donors (Lipinski definition) is 1. The molecule has 0 bridgehead atoms. The van der Waals surface area contributed by atoms with Crippen molar-refractivity contribution in [2.75, 3.05) is 4.90 Å². The van der Waals surface area contributed by atoms with Gasteiger partial charge in [-0.3, -0.25) is 14.9 Å². The minimum absolute atomic E-state index is 0.172. The van der Waals surface area contributed by atoms with Crippen molar-refractivity contribution in [2.45, 2.75) is 6.61 Å². The molecule has 1 N–H and O–H groups in total. The molecule has 9 heteroatoms. The number of urea groups is 1. The molecular formula is C24H15Cl3N2O4. The number of ether oxygens (including phenoxy) is 1. The van der Waals surface area contributed by atoms with Gasteiger partial charge in [-0.2, -0.15) is 0 Å². The Bertz CT molecular complexity index is 1290. The Morgan fingerprint density at radius 2 is 1.64 bits per heavy atom. The number of anilines is 1. The number of para-hydroxylation sites is 1. The summed E-state index contributed by atoms with van der Waals surface area (Å²) in [6.45, 7) is 0.172. The van der Waals surface area contributed by atoms with E-state index in [0.29, 0.717) is 27.0 Å². The monoisotopic (exact) mass is 500 g/mol. The zero-order valence-electron chi connectivity index (χ0n) is 16.8. The maximum Gasteiger partial charge on any atom is 0.335 e. The van der Waals surface area contributed by atoms with Gasteiger partial charge in [-0.1, -0.05) is 65.1 Å². The number of amides is 4. The minimum atomic E-state index is -0.809. The first-order chi connectivity index (χ1) is 15.8. The van der Waals surface area contributed by atoms with Gasteiger partial charge in [0, 0.05) is 15.6 Å². The molecular weight excluding hydrogens is 487 g/mol. The standard InChI is InChI=1S/C24H15Cl3N2O4/c25-16-8-7-15(19(26)12-16)13-33-21-9-6-14(11-20(21)27)10-18-22(30)28-24(32)29(23(18)31)17-4-2-1-3-5-17/h1-12H,13H2,(H,28,30,32)/b18-10+. The lowest BCUT2D eigenvalue weighted by molar-refractivity contribution is -0.122. The first-order valence-electron chi connectivity index (χ1n) is 9.66. The fourth-order valence-corrected chi connectivity index (χ4v) is 3.86. The van der Waals surface area contributed by atoms with E-state index in [4.69, 9.17) is 39.5 Å². The number of nitrogens with one attached hydrogen (secondary N) is 1. The highest BCUT2D eigenvalue weighted by molar-refractivity contribution is 6.39. The van der Waals surface area contributed by atoms with E-state index in [1.165, 1.54) is 6.08 Å². The first kappa shape index (κ1) is 22.9. The van der Waals surface area contributed by atoms with Crippen LogP contribution < -0.4 is 15.0 Å². The number of halogens is 3. The van der Waals surface area contributed by atoms with Gasteiger partial charge in [0.2, 0.25) is 0 Å². The molecule has 0 radical (unpaired) electrons. The summed E-state index contributed by atoms with van der Waals surface area (Å²) in [4.78, 5) is 38.4. The second kappa shape index (κ2) is 9.67. The van der Waals surface area contributed by atoms with Crippen molar-refractivity contribution < 1.29 is 19.1 Å². The molecule has 0 aromatic heterocycles. The van der Waals surface area contributed by atoms with Crippen LogP contribution in [0.2, 0.25) is 15.1 Å². The predicted octanol–water partition coefficient (Wildman–Crippen LogP) is 5.89. The van der Waals surface area contributed by atoms with Crippen LogP contribution >= 0.6 is 34.8 Å². The maximum atomic E-state index is 12.9. The lowest BCUT2D eigenvalue weighted by Crippen LogP contribution is -2.54. The molecule has 0 atom stereocenters. The van der Waals surface area contributed by atoms with E-state index in [0.717, 1.165) is 10.5 Å². The summed E-state index contributed by atoms with van der Waals surface area (Å²) < 4.78 is 5.74. The van der Waals surface area contributed by atoms with Gasteiger partial charge in [-0.15, -0.1) is 0 Å². The molecule has 1 aliphatic rings. The molecule has 0 aliphatic carbocycles. The fourth-order valence-electron chi connectivity index (χ4n) is 3.15. The topological polar surface area (TPSA) is 75.7 Å². The normalized spacial score (nSPS) is 15.1. The molecule has 1 aliphatic heterocycles. The number of imide groups is 2. The molecule has 166 valence electrons. The molecule has 3 aromatic carbocycles. The van der Waals surface area contributed by atoms with Crippen LogP contribution in [-0.4, -0.2) is 17.8 Å². The van der Waals surface area contributed by atoms with Gasteiger partial charge in [0.25, 0.3) is 11.8 Å². The van der Waals surface area contributed by atoms with Crippen LogP contribution in [0.25, 0.3) is 6.08 Å². The lowest BCUT2D eigenvalue weighted by atomic mass is 10.1. The summed E-state index contributed by atoms with van der Waals surface area (Å²) in [6, 6.07) is 17.4. The van der Waals surface area contributed by atoms with Crippen molar-refractivity contribution in [1.29, 1.82) is 0 Å². The third-order valence-corrected chi connectivity index (χ3v) is 5.66. The molecule has 1 saturated heterocycles. The summed E-state index contributed by atoms with van der Waals surface area (Å²) in [6.07, 6.45) is 1.37. The van der Waals surface area contributed by atoms with Gasteiger partial charge in [0.15, 0.2) is 0 Å². The number of hydrogen-bond acceptors (Lipinski definition) is 4. The number of nitrogens with zero attached hydrogens (tertiary/aromatic N) is 1. The van der Waals surface area contributed by atoms with Crippen molar-refractivity contribution in [3.8, 4) is 5.75 Å². The molecule has 0 spiro atoms. The van der Waals surface area contributed by atoms with E-state index in [1.807, 2.05) is 0 Å². The molecule has 1 heterocycles. The summed E-state index contributed by atoms with van der Waals surface area (Å²) in [5.74, 6) is -1.12. The van der Waals surface area contributed by atoms with Crippen molar-refractivity contribution >= 4 is 64.4 Å². The SMILES string of the molecule is O=C1NC(=O)N(c2ccccc2)C(=O)/C1=C/c1ccc(OCc2ccc(Cl)cc2Cl)c(Cl)c1. The molecule has 6 nitrogen and oxygen atoms in total. The van der Waals surface area contributed by atoms with Crippen LogP contribution in [0.5, 0.6) is 5.75 Å². The smallest absolute Gasteiger partial charge is 0.335 e. The fraction of sp³-hybridized carbons (Fsp3) is 0.0417. The van der Waals surface area contributed by atoms with E-state index in [-0.39, 0.29) is 17.2 Å². The van der Waals surface area contributed by atoms with Crippen LogP contribution in [0.4, 0.5) is 10.5 Å². The van der Waals surface area contributed by atoms with Gasteiger partial charge in [-0.05, 0) is 48.0 Å². The van der Waals surface area contributed by atoms with Crippen molar-refractivity contribution in [3.05, 3.63) is 98.5 Å². The average Bonchev–Trinajstić information content (AvgIpc) is 2.78. The highest BCUT2D eigenvalue weighted by Gasteiger charge is 2.36. The van der Waals surface area contributed by atoms with E-state index >= 15 is 0 Å². The highest BCUT2D eigenvalue weighted by Crippen LogP contribution is 2.29. The van der Waals surface area contributed by atoms with Crippen LogP contribution in [-0.2, 0) is 16.2 Å². The van der Waals surface area contributed by atoms with Gasteiger partial charge in [-0.25, -0.2) is 9.69 Å². The Kier molecular flexibility index (Phi) is 6.70. The Morgan fingerprint density at radius 1 is 0.879 bits per heavy atom. The molecule has 1 fully saturated rings. The van der Waals surface area contributed by atoms with Crippen molar-refractivity contribution in [2.24, 2.45) is 0 Å². The van der Waals surface area contributed by atoms with Gasteiger partial charge < -0.3 is 4.74 Å². The highest BCUT2D eigenvalue weighted by atomic mass is 35.5. The van der Waals surface area contributed by atoms with Crippen LogP contribution in [0, 0.1) is 0 Å². The van der Waals surface area contributed by atoms with E-state index < -0.39 is 17.8 Å². The number of benzene rings is 3. The van der Waals surface area contributed by atoms with Crippen molar-refractivity contribution in [3.63, 3.8) is 0 Å². The molecule has 33 heavy (non-hydrogen) atoms. The van der Waals surface area contributed by atoms with Crippen LogP contribution in [0.3, 0.4) is 0 Å². The third kappa shape index (κ3) is 5.03. The minimum Gasteiger partial charge on any atom is -0.487 e. The van der Waals surface area contributed by atoms with E-state index in [1.54, 1.807) is 66.7 Å². The summed E-state index contributed by atoms with van der Waals surface area (Å²) in [5.41, 5.74) is 1.37. The Labute approximate surface area is 204 Å². The summed E-state index contributed by atoms with van der Waals surface area (Å²) >= 11 is 18.4. The molecule has 4 amide bonds. The third-order valence-electron chi connectivity index (χ3n) is 4.78. The first-order valence-corrected chi connectivity index (χ1v) is 10.8. The summed E-state index contributed by atoms with van der Waals surface area (Å²) in [5, 5.41) is 3.45. The molecule has 0 saturated carbocycles. The Balaban J connectivity index is 1.55. The quantitative estimate of drug-likeness (QED) is 0.349. The number of carbonyl (C=O) groups excluding carboxylic acids is 3. The van der Waals surface area contributed by atoms with Gasteiger partial charge >= 0.3 is 6.03 Å². The number of carbonyl (C=O) groups is 3. The van der Waals surface area contributed by atoms with Crippen LogP contribution in [0.15, 0.2) is 72.3 Å². The van der Waals surface area contributed by atoms with Crippen LogP contribution in [0.1, 0.15) is 11.1 Å². The Hall–Kier alpha value is -3.32. The molecule has 0 unspecified atom stereocenters. The maximum absolute atomic E-state index is 12.9. The number of barbiturate groups is 1. The summed E-state index contributed by atoms with van der Waals surface area (Å²) in [7, 11) is 0. The number of rotatable bonds is 5. The van der Waals surface area contributed by atoms with Crippen molar-refractivity contribution in [1.82, 2.24) is 5.32 Å². The second-order valence-corrected chi connectivity index (χ2v) is 8.26. The van der Waals surface area contributed by atoms with E-state index in [9.17, 15) is 14.4 Å². The zero-order valence-corrected chi connectivity index (χ0v) is 19.1. The molecule has 4 rings (SSSR count). The lowest BCUT2D eigenvalue weighted by Gasteiger charge is -2.26. The largest absolute Gasteiger partial charge is 0.487 e. The zero-order chi connectivity index (χ0) is 23.5. The van der Waals surface area contributed by atoms with E-state index in [2.05, 4.69) is 5.32 Å². The van der Waals surface area contributed by atoms with Gasteiger partial charge in [0.05, 0.1) is 10.7 Å². The average molecular weight is 502 g/mol. The van der Waals surface area contributed by atoms with Gasteiger partial charge in [0.1, 0.15) is 17.9 Å².